The minimum Gasteiger partial charge on any atom is -0.297 e. The van der Waals surface area contributed by atoms with E-state index in [2.05, 4.69) is 21.4 Å². The van der Waals surface area contributed by atoms with Gasteiger partial charge in [0.1, 0.15) is 9.88 Å². The molecule has 4 nitrogen and oxygen atoms in total. The molecule has 0 aliphatic carbocycles. The summed E-state index contributed by atoms with van der Waals surface area (Å²) in [6, 6.07) is 8.09. The van der Waals surface area contributed by atoms with Gasteiger partial charge in [0.2, 0.25) is 0 Å². The number of amides is 1. The molecule has 1 N–H and O–H groups in total. The largest absolute Gasteiger partial charge is 0.297 e. The lowest BCUT2D eigenvalue weighted by molar-refractivity contribution is 0.103. The number of aromatic nitrogens is 2. The topological polar surface area (TPSA) is 54.9 Å². The van der Waals surface area contributed by atoms with Gasteiger partial charge in [0.05, 0.1) is 15.9 Å². The quantitative estimate of drug-likeness (QED) is 0.528. The van der Waals surface area contributed by atoms with Crippen LogP contribution in [0, 0.1) is 13.8 Å². The van der Waals surface area contributed by atoms with Crippen molar-refractivity contribution in [3.8, 4) is 10.6 Å². The van der Waals surface area contributed by atoms with Gasteiger partial charge in [0.15, 0.2) is 5.13 Å². The molecule has 0 atom stereocenters. The fourth-order valence-electron chi connectivity index (χ4n) is 2.36. The van der Waals surface area contributed by atoms with Crippen LogP contribution in [0.1, 0.15) is 20.9 Å². The summed E-state index contributed by atoms with van der Waals surface area (Å²) >= 11 is 4.52. The Morgan fingerprint density at radius 3 is 2.79 bits per heavy atom. The lowest BCUT2D eigenvalue weighted by Crippen LogP contribution is -2.11. The molecule has 0 spiro atoms. The van der Waals surface area contributed by atoms with Gasteiger partial charge in [-0.15, -0.1) is 11.3 Å². The van der Waals surface area contributed by atoms with E-state index in [0.29, 0.717) is 10.0 Å². The molecule has 0 saturated carbocycles. The van der Waals surface area contributed by atoms with E-state index in [0.717, 1.165) is 26.5 Å². The number of rotatable bonds is 3. The molecule has 0 unspecified atom stereocenters. The van der Waals surface area contributed by atoms with Gasteiger partial charge < -0.3 is 0 Å². The number of hydrogen-bond donors (Lipinski definition) is 1. The molecule has 1 aromatic carbocycles. The SMILES string of the molecule is Cc1ccc2nc(NC(=O)c3sc(-c4ccsc4)nc3C)sc2c1. The second-order valence-corrected chi connectivity index (χ2v) is 8.20. The molecule has 4 rings (SSSR count). The fourth-order valence-corrected chi connectivity index (χ4v) is 4.99. The molecule has 3 heterocycles. The molecule has 0 bridgehead atoms. The summed E-state index contributed by atoms with van der Waals surface area (Å²) < 4.78 is 1.07. The number of anilines is 1. The van der Waals surface area contributed by atoms with Crippen LogP contribution < -0.4 is 5.32 Å². The van der Waals surface area contributed by atoms with Gasteiger partial charge in [0.25, 0.3) is 5.91 Å². The Labute approximate surface area is 150 Å². The van der Waals surface area contributed by atoms with Crippen LogP contribution in [0.2, 0.25) is 0 Å². The summed E-state index contributed by atoms with van der Waals surface area (Å²) in [6.45, 7) is 3.91. The smallest absolute Gasteiger partial charge is 0.269 e. The van der Waals surface area contributed by atoms with E-state index in [4.69, 9.17) is 0 Å². The van der Waals surface area contributed by atoms with E-state index in [-0.39, 0.29) is 5.91 Å². The minimum absolute atomic E-state index is 0.151. The van der Waals surface area contributed by atoms with Crippen LogP contribution >= 0.6 is 34.0 Å². The summed E-state index contributed by atoms with van der Waals surface area (Å²) in [6.07, 6.45) is 0. The van der Waals surface area contributed by atoms with Crippen molar-refractivity contribution < 1.29 is 4.79 Å². The Hall–Kier alpha value is -2.09. The maximum Gasteiger partial charge on any atom is 0.269 e. The normalized spacial score (nSPS) is 11.1. The monoisotopic (exact) mass is 371 g/mol. The molecule has 1 amide bonds. The van der Waals surface area contributed by atoms with Crippen molar-refractivity contribution in [2.75, 3.05) is 5.32 Å². The van der Waals surface area contributed by atoms with Crippen LogP contribution in [0.15, 0.2) is 35.0 Å². The third-order valence-corrected chi connectivity index (χ3v) is 6.36. The van der Waals surface area contributed by atoms with Crippen molar-refractivity contribution in [3.63, 3.8) is 0 Å². The Balaban J connectivity index is 1.61. The first kappa shape index (κ1) is 15.4. The van der Waals surface area contributed by atoms with Gasteiger partial charge in [-0.05, 0) is 43.0 Å². The maximum absolute atomic E-state index is 12.6. The van der Waals surface area contributed by atoms with Crippen LogP contribution in [-0.2, 0) is 0 Å². The summed E-state index contributed by atoms with van der Waals surface area (Å²) in [5.41, 5.74) is 3.89. The third-order valence-electron chi connectivity index (χ3n) is 3.54. The molecule has 3 aromatic heterocycles. The second-order valence-electron chi connectivity index (χ2n) is 5.39. The number of carbonyl (C=O) groups excluding carboxylic acids is 1. The van der Waals surface area contributed by atoms with Crippen LogP contribution in [-0.4, -0.2) is 15.9 Å². The number of aryl methyl sites for hydroxylation is 2. The number of hydrogen-bond acceptors (Lipinski definition) is 6. The van der Waals surface area contributed by atoms with Crippen molar-refractivity contribution in [1.82, 2.24) is 9.97 Å². The van der Waals surface area contributed by atoms with Gasteiger partial charge in [-0.25, -0.2) is 9.97 Å². The maximum atomic E-state index is 12.6. The molecule has 24 heavy (non-hydrogen) atoms. The number of thiazole rings is 2. The molecule has 0 aliphatic rings. The Morgan fingerprint density at radius 1 is 1.12 bits per heavy atom. The molecule has 0 radical (unpaired) electrons. The van der Waals surface area contributed by atoms with Gasteiger partial charge in [-0.2, -0.15) is 11.3 Å². The predicted molar refractivity (Wildman–Crippen MR) is 102 cm³/mol. The average Bonchev–Trinajstić information content (AvgIpc) is 3.25. The Bertz CT molecular complexity index is 1030. The minimum atomic E-state index is -0.151. The fraction of sp³-hybridized carbons (Fsp3) is 0.118. The van der Waals surface area contributed by atoms with Gasteiger partial charge in [0, 0.05) is 10.9 Å². The van der Waals surface area contributed by atoms with E-state index in [1.54, 1.807) is 11.3 Å². The van der Waals surface area contributed by atoms with E-state index in [1.807, 2.05) is 42.8 Å². The van der Waals surface area contributed by atoms with Gasteiger partial charge in [-0.3, -0.25) is 10.1 Å². The number of nitrogens with one attached hydrogen (secondary N) is 1. The van der Waals surface area contributed by atoms with E-state index in [1.165, 1.54) is 28.2 Å². The molecular formula is C17H13N3OS3. The molecule has 120 valence electrons. The van der Waals surface area contributed by atoms with Crippen LogP contribution in [0.25, 0.3) is 20.8 Å². The lowest BCUT2D eigenvalue weighted by Gasteiger charge is -1.98. The van der Waals surface area contributed by atoms with Crippen molar-refractivity contribution in [1.29, 1.82) is 0 Å². The molecule has 0 fully saturated rings. The highest BCUT2D eigenvalue weighted by Crippen LogP contribution is 2.31. The van der Waals surface area contributed by atoms with E-state index in [9.17, 15) is 4.79 Å². The zero-order chi connectivity index (χ0) is 16.7. The predicted octanol–water partition coefficient (Wildman–Crippen LogP) is 5.35. The van der Waals surface area contributed by atoms with Crippen molar-refractivity contribution in [2.24, 2.45) is 0 Å². The summed E-state index contributed by atoms with van der Waals surface area (Å²) in [5, 5.41) is 8.44. The van der Waals surface area contributed by atoms with Crippen molar-refractivity contribution in [2.45, 2.75) is 13.8 Å². The number of carbonyl (C=O) groups is 1. The second kappa shape index (κ2) is 6.08. The summed E-state index contributed by atoms with van der Waals surface area (Å²) in [7, 11) is 0. The summed E-state index contributed by atoms with van der Waals surface area (Å²) in [5.74, 6) is -0.151. The molecule has 7 heteroatoms. The number of thiophene rings is 1. The van der Waals surface area contributed by atoms with Gasteiger partial charge >= 0.3 is 0 Å². The number of nitrogens with zero attached hydrogens (tertiary/aromatic N) is 2. The highest BCUT2D eigenvalue weighted by Gasteiger charge is 2.18. The van der Waals surface area contributed by atoms with Crippen molar-refractivity contribution in [3.05, 3.63) is 51.2 Å². The van der Waals surface area contributed by atoms with Gasteiger partial charge in [-0.1, -0.05) is 17.4 Å². The van der Waals surface area contributed by atoms with E-state index < -0.39 is 0 Å². The zero-order valence-electron chi connectivity index (χ0n) is 13.0. The highest BCUT2D eigenvalue weighted by molar-refractivity contribution is 7.22. The van der Waals surface area contributed by atoms with Crippen molar-refractivity contribution >= 4 is 55.3 Å². The zero-order valence-corrected chi connectivity index (χ0v) is 15.4. The first-order valence-corrected chi connectivity index (χ1v) is 9.86. The molecular weight excluding hydrogens is 358 g/mol. The third kappa shape index (κ3) is 2.86. The molecule has 0 aliphatic heterocycles. The first-order valence-electron chi connectivity index (χ1n) is 7.29. The van der Waals surface area contributed by atoms with Crippen LogP contribution in [0.4, 0.5) is 5.13 Å². The average molecular weight is 372 g/mol. The molecule has 0 saturated heterocycles. The standard InChI is InChI=1S/C17H13N3OS3/c1-9-3-4-12-13(7-9)23-17(19-12)20-15(21)14-10(2)18-16(24-14)11-5-6-22-8-11/h3-8H,1-2H3,(H,19,20,21). The van der Waals surface area contributed by atoms with E-state index >= 15 is 0 Å². The Kier molecular flexibility index (Phi) is 3.91. The number of fused-ring (bicyclic) bond motifs is 1. The first-order chi connectivity index (χ1) is 11.6. The van der Waals surface area contributed by atoms with Crippen LogP contribution in [0.3, 0.4) is 0 Å². The number of benzene rings is 1. The summed E-state index contributed by atoms with van der Waals surface area (Å²) in [4.78, 5) is 22.2. The van der Waals surface area contributed by atoms with Crippen LogP contribution in [0.5, 0.6) is 0 Å². The Morgan fingerprint density at radius 2 is 2.00 bits per heavy atom. The lowest BCUT2D eigenvalue weighted by atomic mass is 10.2. The molecule has 4 aromatic rings. The highest BCUT2D eigenvalue weighted by atomic mass is 32.1.